The SMILES string of the molecule is CCCc1nc(O)c(Cc2cc3cc4c(cc3nc2NC)OCO4)c2cc(OC)c(OC)cc12.Cl.Cl. The van der Waals surface area contributed by atoms with Crippen LogP contribution in [0.4, 0.5) is 5.82 Å². The van der Waals surface area contributed by atoms with Crippen LogP contribution in [0, 0.1) is 0 Å². The van der Waals surface area contributed by atoms with Gasteiger partial charge in [0.2, 0.25) is 12.7 Å². The van der Waals surface area contributed by atoms with Gasteiger partial charge in [0.15, 0.2) is 23.0 Å². The highest BCUT2D eigenvalue weighted by atomic mass is 35.5. The summed E-state index contributed by atoms with van der Waals surface area (Å²) in [7, 11) is 5.05. The Balaban J connectivity index is 0.00000180. The van der Waals surface area contributed by atoms with E-state index < -0.39 is 0 Å². The third kappa shape index (κ3) is 4.70. The third-order valence-corrected chi connectivity index (χ3v) is 6.15. The van der Waals surface area contributed by atoms with E-state index in [4.69, 9.17) is 23.9 Å². The van der Waals surface area contributed by atoms with Crippen LogP contribution in [0.3, 0.4) is 0 Å². The minimum Gasteiger partial charge on any atom is -0.493 e. The van der Waals surface area contributed by atoms with E-state index in [0.29, 0.717) is 35.0 Å². The summed E-state index contributed by atoms with van der Waals surface area (Å²) in [6.07, 6.45) is 2.07. The van der Waals surface area contributed by atoms with Crippen LogP contribution >= 0.6 is 24.8 Å². The molecule has 0 unspecified atom stereocenters. The summed E-state index contributed by atoms with van der Waals surface area (Å²) in [6, 6.07) is 9.72. The molecule has 36 heavy (non-hydrogen) atoms. The van der Waals surface area contributed by atoms with Crippen LogP contribution in [0.15, 0.2) is 30.3 Å². The van der Waals surface area contributed by atoms with Crippen molar-refractivity contribution in [3.8, 4) is 28.9 Å². The molecule has 0 spiro atoms. The van der Waals surface area contributed by atoms with E-state index in [1.165, 1.54) is 0 Å². The summed E-state index contributed by atoms with van der Waals surface area (Å²) in [6.45, 7) is 2.29. The Morgan fingerprint density at radius 1 is 0.944 bits per heavy atom. The summed E-state index contributed by atoms with van der Waals surface area (Å²) in [4.78, 5) is 9.36. The summed E-state index contributed by atoms with van der Waals surface area (Å²) < 4.78 is 22.1. The van der Waals surface area contributed by atoms with Gasteiger partial charge in [-0.25, -0.2) is 9.97 Å². The fourth-order valence-electron chi connectivity index (χ4n) is 4.49. The zero-order valence-electron chi connectivity index (χ0n) is 20.5. The van der Waals surface area contributed by atoms with Gasteiger partial charge in [-0.05, 0) is 41.6 Å². The van der Waals surface area contributed by atoms with Gasteiger partial charge in [0, 0.05) is 35.9 Å². The second kappa shape index (κ2) is 11.1. The fourth-order valence-corrected chi connectivity index (χ4v) is 4.49. The summed E-state index contributed by atoms with van der Waals surface area (Å²) in [5.74, 6) is 3.35. The predicted octanol–water partition coefficient (Wildman–Crippen LogP) is 5.66. The standard InChI is InChI=1S/C26H27N3O5.2ClH/c1-5-6-19-17-11-22(32-4)21(31-3)10-16(17)18(26(30)29-19)8-15-7-14-9-23-24(34-13-33-23)12-20(14)28-25(15)27-2;;/h7,9-12H,5-6,8,13H2,1-4H3,(H,27,28)(H,29,30);2*1H. The number of benzene rings is 2. The van der Waals surface area contributed by atoms with E-state index in [0.717, 1.165) is 51.6 Å². The number of nitrogens with one attached hydrogen (secondary N) is 1. The Kier molecular flexibility index (Phi) is 8.43. The Morgan fingerprint density at radius 3 is 2.25 bits per heavy atom. The number of nitrogens with zero attached hydrogens (tertiary/aromatic N) is 2. The monoisotopic (exact) mass is 533 g/mol. The maximum absolute atomic E-state index is 11.0. The number of aromatic hydroxyl groups is 1. The van der Waals surface area contributed by atoms with Crippen LogP contribution in [0.2, 0.25) is 0 Å². The lowest BCUT2D eigenvalue weighted by atomic mass is 9.96. The smallest absolute Gasteiger partial charge is 0.231 e. The molecule has 0 saturated heterocycles. The first-order chi connectivity index (χ1) is 16.6. The van der Waals surface area contributed by atoms with Crippen molar-refractivity contribution in [1.82, 2.24) is 9.97 Å². The highest BCUT2D eigenvalue weighted by Gasteiger charge is 2.20. The molecule has 10 heteroatoms. The Labute approximate surface area is 221 Å². The van der Waals surface area contributed by atoms with E-state index in [1.54, 1.807) is 14.2 Å². The van der Waals surface area contributed by atoms with Gasteiger partial charge in [-0.1, -0.05) is 13.3 Å². The first kappa shape index (κ1) is 27.2. The average Bonchev–Trinajstić information content (AvgIpc) is 3.30. The number of methoxy groups -OCH3 is 2. The second-order valence-electron chi connectivity index (χ2n) is 8.18. The van der Waals surface area contributed by atoms with Crippen molar-refractivity contribution in [2.45, 2.75) is 26.2 Å². The van der Waals surface area contributed by atoms with Gasteiger partial charge in [0.25, 0.3) is 0 Å². The lowest BCUT2D eigenvalue weighted by Gasteiger charge is -2.17. The fraction of sp³-hybridized carbons (Fsp3) is 0.308. The van der Waals surface area contributed by atoms with Gasteiger partial charge in [-0.2, -0.15) is 0 Å². The average molecular weight is 534 g/mol. The number of halogens is 2. The molecule has 0 atom stereocenters. The van der Waals surface area contributed by atoms with Gasteiger partial charge in [0.05, 0.1) is 25.4 Å². The Hall–Kier alpha value is -3.36. The maximum Gasteiger partial charge on any atom is 0.231 e. The Morgan fingerprint density at radius 2 is 1.61 bits per heavy atom. The van der Waals surface area contributed by atoms with E-state index in [9.17, 15) is 5.11 Å². The van der Waals surface area contributed by atoms with Crippen LogP contribution < -0.4 is 24.3 Å². The first-order valence-corrected chi connectivity index (χ1v) is 11.2. The number of fused-ring (bicyclic) bond motifs is 3. The van der Waals surface area contributed by atoms with Gasteiger partial charge >= 0.3 is 0 Å². The molecule has 2 N–H and O–H groups in total. The molecule has 8 nitrogen and oxygen atoms in total. The molecule has 3 heterocycles. The minimum atomic E-state index is 0. The molecule has 2 aromatic heterocycles. The number of pyridine rings is 2. The lowest BCUT2D eigenvalue weighted by molar-refractivity contribution is 0.174. The molecule has 2 aromatic carbocycles. The molecular formula is C26H29Cl2N3O5. The largest absolute Gasteiger partial charge is 0.493 e. The molecule has 5 rings (SSSR count). The van der Waals surface area contributed by atoms with E-state index >= 15 is 0 Å². The number of hydrogen-bond acceptors (Lipinski definition) is 8. The molecule has 1 aliphatic heterocycles. The summed E-state index contributed by atoms with van der Waals surface area (Å²) >= 11 is 0. The molecule has 0 fully saturated rings. The quantitative estimate of drug-likeness (QED) is 0.314. The van der Waals surface area contributed by atoms with Gasteiger partial charge < -0.3 is 29.4 Å². The lowest BCUT2D eigenvalue weighted by Crippen LogP contribution is -2.04. The zero-order chi connectivity index (χ0) is 23.8. The highest BCUT2D eigenvalue weighted by molar-refractivity contribution is 5.93. The number of ether oxygens (including phenoxy) is 4. The molecule has 1 aliphatic rings. The molecule has 0 aliphatic carbocycles. The van der Waals surface area contributed by atoms with Crippen molar-refractivity contribution in [3.63, 3.8) is 0 Å². The van der Waals surface area contributed by atoms with Crippen LogP contribution in [-0.4, -0.2) is 43.1 Å². The minimum absolute atomic E-state index is 0. The Bertz CT molecular complexity index is 1410. The summed E-state index contributed by atoms with van der Waals surface area (Å²) in [5, 5.41) is 16.9. The normalized spacial score (nSPS) is 11.7. The van der Waals surface area contributed by atoms with Gasteiger partial charge in [0.1, 0.15) is 5.82 Å². The summed E-state index contributed by atoms with van der Waals surface area (Å²) in [5.41, 5.74) is 3.26. The van der Waals surface area contributed by atoms with Crippen molar-refractivity contribution in [1.29, 1.82) is 0 Å². The number of anilines is 1. The number of hydrogen-bond donors (Lipinski definition) is 2. The van der Waals surface area contributed by atoms with Crippen molar-refractivity contribution >= 4 is 52.3 Å². The maximum atomic E-state index is 11.0. The van der Waals surface area contributed by atoms with Crippen LogP contribution in [0.1, 0.15) is 30.2 Å². The molecule has 4 aromatic rings. The topological polar surface area (TPSA) is 95.0 Å². The molecule has 0 amide bonds. The number of aryl methyl sites for hydroxylation is 1. The molecule has 0 radical (unpaired) electrons. The highest BCUT2D eigenvalue weighted by Crippen LogP contribution is 2.40. The molecule has 0 saturated carbocycles. The zero-order valence-corrected chi connectivity index (χ0v) is 22.1. The van der Waals surface area contributed by atoms with Crippen molar-refractivity contribution < 1.29 is 24.1 Å². The predicted molar refractivity (Wildman–Crippen MR) is 145 cm³/mol. The molecule has 192 valence electrons. The second-order valence-corrected chi connectivity index (χ2v) is 8.18. The van der Waals surface area contributed by atoms with Gasteiger partial charge in [-0.15, -0.1) is 24.8 Å². The van der Waals surface area contributed by atoms with Crippen molar-refractivity contribution in [2.24, 2.45) is 0 Å². The molecular weight excluding hydrogens is 505 g/mol. The van der Waals surface area contributed by atoms with Crippen LogP contribution in [0.25, 0.3) is 21.7 Å². The van der Waals surface area contributed by atoms with E-state index in [2.05, 4.69) is 23.3 Å². The third-order valence-electron chi connectivity index (χ3n) is 6.15. The van der Waals surface area contributed by atoms with Crippen LogP contribution in [-0.2, 0) is 12.8 Å². The van der Waals surface area contributed by atoms with E-state index in [-0.39, 0.29) is 37.5 Å². The van der Waals surface area contributed by atoms with Crippen molar-refractivity contribution in [3.05, 3.63) is 47.2 Å². The van der Waals surface area contributed by atoms with Crippen LogP contribution in [0.5, 0.6) is 28.9 Å². The van der Waals surface area contributed by atoms with Crippen molar-refractivity contribution in [2.75, 3.05) is 33.4 Å². The number of aromatic nitrogens is 2. The first-order valence-electron chi connectivity index (χ1n) is 11.2. The van der Waals surface area contributed by atoms with E-state index in [1.807, 2.05) is 31.3 Å². The van der Waals surface area contributed by atoms with Gasteiger partial charge in [-0.3, -0.25) is 0 Å². The molecule has 0 bridgehead atoms. The number of rotatable bonds is 7.